The van der Waals surface area contributed by atoms with E-state index in [1.54, 1.807) is 0 Å². The van der Waals surface area contributed by atoms with E-state index in [2.05, 4.69) is 0 Å². The van der Waals surface area contributed by atoms with Gasteiger partial charge in [-0.1, -0.05) is 18.2 Å². The first-order valence-electron chi connectivity index (χ1n) is 4.21. The van der Waals surface area contributed by atoms with Crippen LogP contribution >= 0.6 is 0 Å². The van der Waals surface area contributed by atoms with Crippen molar-refractivity contribution in [1.82, 2.24) is 0 Å². The van der Waals surface area contributed by atoms with Crippen molar-refractivity contribution >= 4 is 5.69 Å². The summed E-state index contributed by atoms with van der Waals surface area (Å²) in [5.74, 6) is -6.62. The second kappa shape index (κ2) is 5.40. The lowest BCUT2D eigenvalue weighted by molar-refractivity contribution is -0.389. The van der Waals surface area contributed by atoms with Crippen LogP contribution < -0.4 is 5.73 Å². The lowest BCUT2D eigenvalue weighted by Crippen LogP contribution is -2.49. The highest BCUT2D eigenvalue weighted by Crippen LogP contribution is 2.46. The van der Waals surface area contributed by atoms with Gasteiger partial charge in [0.2, 0.25) is 0 Å². The van der Waals surface area contributed by atoms with E-state index in [0.29, 0.717) is 0 Å². The molecule has 0 amide bonds. The van der Waals surface area contributed by atoms with Crippen molar-refractivity contribution in [3.8, 4) is 0 Å². The Bertz CT molecular complexity index is 337. The second-order valence-electron chi connectivity index (χ2n) is 2.98. The fourth-order valence-corrected chi connectivity index (χ4v) is 0.614. The van der Waals surface area contributed by atoms with E-state index in [1.807, 2.05) is 30.3 Å². The largest absolute Gasteiger partial charge is 0.463 e. The number of nitrogens with two attached hydrogens (primary N) is 1. The highest BCUT2D eigenvalue weighted by Gasteiger charge is 2.74. The van der Waals surface area contributed by atoms with Gasteiger partial charge in [0.05, 0.1) is 0 Å². The highest BCUT2D eigenvalue weighted by molar-refractivity contribution is 5.35. The molecule has 0 radical (unpaired) electrons. The van der Waals surface area contributed by atoms with Crippen LogP contribution in [0, 0.1) is 0 Å². The first-order chi connectivity index (χ1) is 7.89. The third-order valence-corrected chi connectivity index (χ3v) is 1.51. The topological polar surface area (TPSA) is 26.0 Å². The molecule has 0 aliphatic rings. The zero-order valence-corrected chi connectivity index (χ0v) is 8.49. The minimum absolute atomic E-state index is 0.822. The Labute approximate surface area is 96.2 Å². The summed E-state index contributed by atoms with van der Waals surface area (Å²) in [4.78, 5) is 0. The molecule has 0 unspecified atom stereocenters. The summed E-state index contributed by atoms with van der Waals surface area (Å²) >= 11 is 0. The van der Waals surface area contributed by atoms with Crippen molar-refractivity contribution in [3.63, 3.8) is 0 Å². The van der Waals surface area contributed by atoms with Crippen molar-refractivity contribution in [1.29, 1.82) is 0 Å². The number of halogens is 8. The van der Waals surface area contributed by atoms with Gasteiger partial charge in [-0.2, -0.15) is 35.1 Å². The summed E-state index contributed by atoms with van der Waals surface area (Å²) in [5.41, 5.74) is 6.18. The molecule has 0 aliphatic heterocycles. The maximum Gasteiger partial charge on any atom is 0.463 e. The van der Waals surface area contributed by atoms with Gasteiger partial charge in [0.25, 0.3) is 0 Å². The highest BCUT2D eigenvalue weighted by atomic mass is 19.5. The fraction of sp³-hybridized carbons (Fsp3) is 0.333. The van der Waals surface area contributed by atoms with Crippen LogP contribution in [0.25, 0.3) is 0 Å². The van der Waals surface area contributed by atoms with Crippen molar-refractivity contribution in [2.24, 2.45) is 0 Å². The van der Waals surface area contributed by atoms with Crippen LogP contribution in [0.1, 0.15) is 0 Å². The Hall–Kier alpha value is -1.54. The molecule has 0 fully saturated rings. The minimum Gasteiger partial charge on any atom is -0.399 e. The quantitative estimate of drug-likeness (QED) is 0.564. The lowest BCUT2D eigenvalue weighted by Gasteiger charge is -2.21. The molecule has 0 spiro atoms. The molecule has 18 heavy (non-hydrogen) atoms. The summed E-state index contributed by atoms with van der Waals surface area (Å²) in [7, 11) is 0. The third-order valence-electron chi connectivity index (χ3n) is 1.51. The number of hydrogen-bond acceptors (Lipinski definition) is 1. The SMILES string of the molecule is FC(F)(F)C(F)(F)C(F)(F)F.Nc1ccccc1. The van der Waals surface area contributed by atoms with Crippen molar-refractivity contribution in [2.45, 2.75) is 18.3 Å². The van der Waals surface area contributed by atoms with Gasteiger partial charge in [0.1, 0.15) is 0 Å². The van der Waals surface area contributed by atoms with E-state index >= 15 is 0 Å². The Morgan fingerprint density at radius 2 is 1.00 bits per heavy atom. The normalized spacial score (nSPS) is 12.7. The average Bonchev–Trinajstić information content (AvgIpc) is 2.16. The van der Waals surface area contributed by atoms with Gasteiger partial charge in [-0.05, 0) is 12.1 Å². The second-order valence-corrected chi connectivity index (χ2v) is 2.98. The number of anilines is 1. The van der Waals surface area contributed by atoms with Crippen LogP contribution in [0.4, 0.5) is 40.8 Å². The van der Waals surface area contributed by atoms with Gasteiger partial charge in [-0.15, -0.1) is 0 Å². The number of rotatable bonds is 0. The van der Waals surface area contributed by atoms with Gasteiger partial charge in [0, 0.05) is 5.69 Å². The van der Waals surface area contributed by atoms with Crippen LogP contribution in [0.15, 0.2) is 30.3 Å². The molecular formula is C9H7F8N. The third kappa shape index (κ3) is 4.38. The molecule has 0 aliphatic carbocycles. The fourth-order valence-electron chi connectivity index (χ4n) is 0.614. The van der Waals surface area contributed by atoms with Crippen LogP contribution in [-0.2, 0) is 0 Å². The van der Waals surface area contributed by atoms with Crippen molar-refractivity contribution in [3.05, 3.63) is 30.3 Å². The van der Waals surface area contributed by atoms with Crippen LogP contribution in [0.2, 0.25) is 0 Å². The first-order valence-corrected chi connectivity index (χ1v) is 4.21. The molecular weight excluding hydrogens is 274 g/mol. The number of alkyl halides is 8. The van der Waals surface area contributed by atoms with Crippen LogP contribution in [-0.4, -0.2) is 18.3 Å². The summed E-state index contributed by atoms with van der Waals surface area (Å²) in [5, 5.41) is 0. The van der Waals surface area contributed by atoms with E-state index in [0.717, 1.165) is 5.69 Å². The minimum atomic E-state index is -6.62. The average molecular weight is 281 g/mol. The Morgan fingerprint density at radius 1 is 0.667 bits per heavy atom. The van der Waals surface area contributed by atoms with Gasteiger partial charge in [0.15, 0.2) is 0 Å². The van der Waals surface area contributed by atoms with E-state index in [1.165, 1.54) is 0 Å². The van der Waals surface area contributed by atoms with Gasteiger partial charge < -0.3 is 5.73 Å². The zero-order chi connectivity index (χ0) is 14.6. The molecule has 9 heteroatoms. The van der Waals surface area contributed by atoms with Crippen LogP contribution in [0.5, 0.6) is 0 Å². The summed E-state index contributed by atoms with van der Waals surface area (Å²) in [6, 6.07) is 9.49. The number of nitrogen functional groups attached to an aromatic ring is 1. The molecule has 0 bridgehead atoms. The zero-order valence-electron chi connectivity index (χ0n) is 8.49. The van der Waals surface area contributed by atoms with Gasteiger partial charge in [-0.3, -0.25) is 0 Å². The molecule has 0 saturated heterocycles. The predicted octanol–water partition coefficient (Wildman–Crippen LogP) is 4.02. The van der Waals surface area contributed by atoms with E-state index in [-0.39, 0.29) is 0 Å². The summed E-state index contributed by atoms with van der Waals surface area (Å²) < 4.78 is 87.5. The van der Waals surface area contributed by atoms with Gasteiger partial charge >= 0.3 is 18.3 Å². The number of hydrogen-bond donors (Lipinski definition) is 1. The van der Waals surface area contributed by atoms with E-state index < -0.39 is 18.3 Å². The van der Waals surface area contributed by atoms with Crippen molar-refractivity contribution in [2.75, 3.05) is 5.73 Å². The summed E-state index contributed by atoms with van der Waals surface area (Å²) in [6.45, 7) is 0. The molecule has 1 nitrogen and oxygen atoms in total. The molecule has 0 heterocycles. The lowest BCUT2D eigenvalue weighted by atomic mass is 10.3. The molecule has 1 aromatic carbocycles. The Balaban J connectivity index is 0.000000351. The molecule has 0 atom stereocenters. The monoisotopic (exact) mass is 281 g/mol. The smallest absolute Gasteiger partial charge is 0.399 e. The molecule has 1 rings (SSSR count). The Kier molecular flexibility index (Phi) is 4.94. The van der Waals surface area contributed by atoms with Crippen molar-refractivity contribution < 1.29 is 35.1 Å². The maximum atomic E-state index is 11.2. The van der Waals surface area contributed by atoms with Crippen LogP contribution in [0.3, 0.4) is 0 Å². The predicted molar refractivity (Wildman–Crippen MR) is 47.9 cm³/mol. The number of para-hydroxylation sites is 1. The van der Waals surface area contributed by atoms with E-state index in [4.69, 9.17) is 5.73 Å². The molecule has 2 N–H and O–H groups in total. The van der Waals surface area contributed by atoms with Gasteiger partial charge in [-0.25, -0.2) is 0 Å². The van der Waals surface area contributed by atoms with E-state index in [9.17, 15) is 35.1 Å². The Morgan fingerprint density at radius 3 is 1.11 bits per heavy atom. The molecule has 0 saturated carbocycles. The first kappa shape index (κ1) is 16.5. The molecule has 104 valence electrons. The molecule has 0 aromatic heterocycles. The summed E-state index contributed by atoms with van der Waals surface area (Å²) in [6.07, 6.45) is -13.2. The standard InChI is InChI=1S/C6H7N.C3F8/c7-6-4-2-1-3-5-6;4-1(5,2(6,7)8)3(9,10)11/h1-5H,7H2;. The number of benzene rings is 1. The molecule has 1 aromatic rings. The maximum absolute atomic E-state index is 11.2.